The van der Waals surface area contributed by atoms with Crippen molar-refractivity contribution < 1.29 is 14.5 Å². The molecule has 0 radical (unpaired) electrons. The average Bonchev–Trinajstić information content (AvgIpc) is 2.61. The van der Waals surface area contributed by atoms with Crippen LogP contribution in [-0.2, 0) is 0 Å². The van der Waals surface area contributed by atoms with Gasteiger partial charge in [0, 0.05) is 16.4 Å². The van der Waals surface area contributed by atoms with E-state index in [9.17, 15) is 10.0 Å². The van der Waals surface area contributed by atoms with Crippen molar-refractivity contribution in [3.8, 4) is 0 Å². The minimum atomic E-state index is -1.53. The van der Waals surface area contributed by atoms with Crippen molar-refractivity contribution in [1.29, 1.82) is 0 Å². The number of hydrogen-bond acceptors (Lipinski definition) is 3. The SMILES string of the molecule is C=C/C=C\c1c(C)oc2c(B(O)O)cccc12. The lowest BCUT2D eigenvalue weighted by Gasteiger charge is -1.99. The number of furan rings is 1. The van der Waals surface area contributed by atoms with E-state index < -0.39 is 7.12 Å². The Morgan fingerprint density at radius 3 is 2.76 bits per heavy atom. The largest absolute Gasteiger partial charge is 0.492 e. The highest BCUT2D eigenvalue weighted by Crippen LogP contribution is 2.25. The summed E-state index contributed by atoms with van der Waals surface area (Å²) in [5, 5.41) is 19.4. The first kappa shape index (κ1) is 11.7. The fourth-order valence-electron chi connectivity index (χ4n) is 1.85. The number of para-hydroxylation sites is 1. The smallest absolute Gasteiger partial charge is 0.461 e. The first-order chi connectivity index (χ1) is 8.15. The maximum atomic E-state index is 9.26. The zero-order chi connectivity index (χ0) is 12.4. The molecule has 3 nitrogen and oxygen atoms in total. The van der Waals surface area contributed by atoms with Crippen LogP contribution in [0.2, 0.25) is 0 Å². The van der Waals surface area contributed by atoms with Crippen molar-refractivity contribution in [2.75, 3.05) is 0 Å². The van der Waals surface area contributed by atoms with Crippen LogP contribution in [-0.4, -0.2) is 17.2 Å². The molecule has 1 aromatic carbocycles. The molecule has 0 unspecified atom stereocenters. The van der Waals surface area contributed by atoms with E-state index in [2.05, 4.69) is 6.58 Å². The molecule has 0 aliphatic heterocycles. The molecule has 4 heteroatoms. The molecule has 0 fully saturated rings. The van der Waals surface area contributed by atoms with Gasteiger partial charge in [0.1, 0.15) is 11.3 Å². The van der Waals surface area contributed by atoms with E-state index in [0.29, 0.717) is 11.0 Å². The molecule has 17 heavy (non-hydrogen) atoms. The lowest BCUT2D eigenvalue weighted by molar-refractivity contribution is 0.425. The van der Waals surface area contributed by atoms with Crippen LogP contribution in [0.4, 0.5) is 0 Å². The summed E-state index contributed by atoms with van der Waals surface area (Å²) in [6.45, 7) is 5.46. The molecule has 0 spiro atoms. The zero-order valence-electron chi connectivity index (χ0n) is 9.55. The van der Waals surface area contributed by atoms with E-state index in [-0.39, 0.29) is 0 Å². The van der Waals surface area contributed by atoms with E-state index in [0.717, 1.165) is 16.7 Å². The van der Waals surface area contributed by atoms with E-state index in [1.165, 1.54) is 0 Å². The Labute approximate surface area is 99.8 Å². The van der Waals surface area contributed by atoms with Gasteiger partial charge in [0.2, 0.25) is 0 Å². The molecule has 0 saturated carbocycles. The maximum absolute atomic E-state index is 9.26. The second-order valence-electron chi connectivity index (χ2n) is 3.76. The molecule has 1 heterocycles. The monoisotopic (exact) mass is 228 g/mol. The fourth-order valence-corrected chi connectivity index (χ4v) is 1.85. The number of rotatable bonds is 3. The molecular weight excluding hydrogens is 215 g/mol. The van der Waals surface area contributed by atoms with Gasteiger partial charge in [0.15, 0.2) is 0 Å². The van der Waals surface area contributed by atoms with Crippen LogP contribution in [0, 0.1) is 6.92 Å². The standard InChI is InChI=1S/C13H13BO3/c1-3-4-6-10-9(2)17-13-11(10)7-5-8-12(13)14(15)16/h3-8,15-16H,1H2,2H3/b6-4-. The van der Waals surface area contributed by atoms with Gasteiger partial charge in [-0.2, -0.15) is 0 Å². The van der Waals surface area contributed by atoms with Gasteiger partial charge in [-0.15, -0.1) is 0 Å². The van der Waals surface area contributed by atoms with Gasteiger partial charge in [0.05, 0.1) is 0 Å². The predicted octanol–water partition coefficient (Wildman–Crippen LogP) is 1.62. The first-order valence-electron chi connectivity index (χ1n) is 5.32. The third-order valence-electron chi connectivity index (χ3n) is 2.65. The molecule has 2 N–H and O–H groups in total. The summed E-state index contributed by atoms with van der Waals surface area (Å²) >= 11 is 0. The zero-order valence-corrected chi connectivity index (χ0v) is 9.55. The fraction of sp³-hybridized carbons (Fsp3) is 0.0769. The Kier molecular flexibility index (Phi) is 3.18. The number of allylic oxidation sites excluding steroid dienone is 2. The molecule has 0 aliphatic carbocycles. The van der Waals surface area contributed by atoms with Gasteiger partial charge in [-0.25, -0.2) is 0 Å². The van der Waals surface area contributed by atoms with Crippen LogP contribution in [0.5, 0.6) is 0 Å². The minimum absolute atomic E-state index is 0.379. The molecule has 0 atom stereocenters. The third kappa shape index (κ3) is 2.05. The van der Waals surface area contributed by atoms with Crippen molar-refractivity contribution in [3.63, 3.8) is 0 Å². The lowest BCUT2D eigenvalue weighted by Crippen LogP contribution is -2.29. The van der Waals surface area contributed by atoms with Crippen LogP contribution >= 0.6 is 0 Å². The molecule has 2 rings (SSSR count). The topological polar surface area (TPSA) is 53.6 Å². The van der Waals surface area contributed by atoms with Crippen LogP contribution in [0.15, 0.2) is 41.3 Å². The number of aryl methyl sites for hydroxylation is 1. The predicted molar refractivity (Wildman–Crippen MR) is 70.0 cm³/mol. The highest BCUT2D eigenvalue weighted by Gasteiger charge is 2.19. The van der Waals surface area contributed by atoms with Crippen LogP contribution in [0.3, 0.4) is 0 Å². The number of benzene rings is 1. The average molecular weight is 228 g/mol. The Morgan fingerprint density at radius 1 is 1.35 bits per heavy atom. The van der Waals surface area contributed by atoms with Gasteiger partial charge < -0.3 is 14.5 Å². The molecule has 0 saturated heterocycles. The van der Waals surface area contributed by atoms with E-state index in [1.54, 1.807) is 18.2 Å². The lowest BCUT2D eigenvalue weighted by atomic mass is 9.79. The second kappa shape index (κ2) is 4.61. The Bertz CT molecular complexity index is 582. The summed E-state index contributed by atoms with van der Waals surface area (Å²) in [4.78, 5) is 0. The van der Waals surface area contributed by atoms with Gasteiger partial charge in [-0.3, -0.25) is 0 Å². The number of hydrogen-bond donors (Lipinski definition) is 2. The summed E-state index contributed by atoms with van der Waals surface area (Å²) in [6, 6.07) is 5.30. The summed E-state index contributed by atoms with van der Waals surface area (Å²) < 4.78 is 5.58. The quantitative estimate of drug-likeness (QED) is 0.619. The van der Waals surface area contributed by atoms with Gasteiger partial charge >= 0.3 is 7.12 Å². The first-order valence-corrected chi connectivity index (χ1v) is 5.32. The molecule has 0 bridgehead atoms. The van der Waals surface area contributed by atoms with Crippen molar-refractivity contribution in [1.82, 2.24) is 0 Å². The Hall–Kier alpha value is -1.78. The molecule has 2 aromatic rings. The van der Waals surface area contributed by atoms with E-state index in [4.69, 9.17) is 4.42 Å². The molecule has 86 valence electrons. The van der Waals surface area contributed by atoms with Crippen molar-refractivity contribution in [2.45, 2.75) is 6.92 Å². The second-order valence-corrected chi connectivity index (χ2v) is 3.76. The number of fused-ring (bicyclic) bond motifs is 1. The molecule has 0 amide bonds. The summed E-state index contributed by atoms with van der Waals surface area (Å²) in [7, 11) is -1.53. The maximum Gasteiger partial charge on any atom is 0.492 e. The Morgan fingerprint density at radius 2 is 2.12 bits per heavy atom. The summed E-state index contributed by atoms with van der Waals surface area (Å²) in [5.74, 6) is 0.742. The van der Waals surface area contributed by atoms with Crippen molar-refractivity contribution in [3.05, 3.63) is 48.3 Å². The van der Waals surface area contributed by atoms with Crippen LogP contribution in [0.1, 0.15) is 11.3 Å². The minimum Gasteiger partial charge on any atom is -0.461 e. The van der Waals surface area contributed by atoms with Gasteiger partial charge in [0.25, 0.3) is 0 Å². The summed E-state index contributed by atoms with van der Waals surface area (Å²) in [6.07, 6.45) is 5.39. The molecule has 1 aromatic heterocycles. The normalized spacial score (nSPS) is 11.2. The molecular formula is C13H13BO3. The van der Waals surface area contributed by atoms with Crippen molar-refractivity contribution in [2.24, 2.45) is 0 Å². The third-order valence-corrected chi connectivity index (χ3v) is 2.65. The van der Waals surface area contributed by atoms with E-state index >= 15 is 0 Å². The van der Waals surface area contributed by atoms with Crippen LogP contribution in [0.25, 0.3) is 17.0 Å². The molecule has 0 aliphatic rings. The van der Waals surface area contributed by atoms with Crippen molar-refractivity contribution >= 4 is 29.6 Å². The summed E-state index contributed by atoms with van der Waals surface area (Å²) in [5.41, 5.74) is 1.83. The highest BCUT2D eigenvalue weighted by atomic mass is 16.4. The Balaban J connectivity index is 2.71. The highest BCUT2D eigenvalue weighted by molar-refractivity contribution is 6.61. The van der Waals surface area contributed by atoms with Gasteiger partial charge in [-0.1, -0.05) is 43.0 Å². The van der Waals surface area contributed by atoms with Gasteiger partial charge in [-0.05, 0) is 6.92 Å². The van der Waals surface area contributed by atoms with E-state index in [1.807, 2.05) is 25.1 Å². The van der Waals surface area contributed by atoms with Crippen LogP contribution < -0.4 is 5.46 Å².